The Kier molecular flexibility index (Phi) is 3.61. The topological polar surface area (TPSA) is 42.2 Å². The number of rotatable bonds is 2. The van der Waals surface area contributed by atoms with Crippen LogP contribution in [0, 0.1) is 5.92 Å². The first-order valence-electron chi connectivity index (χ1n) is 5.23. The molecule has 0 aliphatic carbocycles. The molecule has 0 bridgehead atoms. The Labute approximate surface area is 99.2 Å². The van der Waals surface area contributed by atoms with E-state index in [1.807, 2.05) is 6.20 Å². The van der Waals surface area contributed by atoms with Gasteiger partial charge in [-0.25, -0.2) is 4.98 Å². The number of hydrogen-bond acceptors (Lipinski definition) is 4. The second-order valence-electron chi connectivity index (χ2n) is 4.24. The number of halogens is 1. The lowest BCUT2D eigenvalue weighted by Crippen LogP contribution is -2.45. The molecular weight excluding hydrogens is 230 g/mol. The molecule has 1 aliphatic rings. The lowest BCUT2D eigenvalue weighted by molar-refractivity contribution is 0.159. The SMILES string of the molecule is CC1CN(Cc2cnc(Cl)s2)CCC1N. The van der Waals surface area contributed by atoms with E-state index in [9.17, 15) is 0 Å². The molecule has 1 fully saturated rings. The maximum Gasteiger partial charge on any atom is 0.183 e. The molecule has 0 saturated carbocycles. The Morgan fingerprint density at radius 3 is 3.13 bits per heavy atom. The summed E-state index contributed by atoms with van der Waals surface area (Å²) in [6.07, 6.45) is 2.96. The molecule has 1 aliphatic heterocycles. The van der Waals surface area contributed by atoms with E-state index in [1.54, 1.807) is 11.3 Å². The molecule has 84 valence electrons. The second-order valence-corrected chi connectivity index (χ2v) is 5.94. The first kappa shape index (κ1) is 11.3. The fraction of sp³-hybridized carbons (Fsp3) is 0.700. The van der Waals surface area contributed by atoms with Crippen LogP contribution in [0.4, 0.5) is 0 Å². The van der Waals surface area contributed by atoms with Crippen molar-refractivity contribution >= 4 is 22.9 Å². The van der Waals surface area contributed by atoms with E-state index in [0.717, 1.165) is 26.1 Å². The largest absolute Gasteiger partial charge is 0.327 e. The van der Waals surface area contributed by atoms with Crippen LogP contribution < -0.4 is 5.73 Å². The van der Waals surface area contributed by atoms with Crippen LogP contribution in [-0.2, 0) is 6.54 Å². The summed E-state index contributed by atoms with van der Waals surface area (Å²) in [6, 6.07) is 0.367. The molecule has 2 N–H and O–H groups in total. The van der Waals surface area contributed by atoms with Crippen molar-refractivity contribution in [2.75, 3.05) is 13.1 Å². The van der Waals surface area contributed by atoms with Crippen LogP contribution in [-0.4, -0.2) is 29.0 Å². The average molecular weight is 246 g/mol. The summed E-state index contributed by atoms with van der Waals surface area (Å²) in [5.41, 5.74) is 5.98. The number of nitrogens with two attached hydrogens (primary N) is 1. The average Bonchev–Trinajstić information content (AvgIpc) is 2.58. The molecule has 1 saturated heterocycles. The maximum atomic E-state index is 5.98. The van der Waals surface area contributed by atoms with E-state index in [0.29, 0.717) is 16.4 Å². The normalized spacial score (nSPS) is 28.2. The third kappa shape index (κ3) is 2.91. The summed E-state index contributed by atoms with van der Waals surface area (Å²) < 4.78 is 0.631. The Morgan fingerprint density at radius 1 is 1.73 bits per heavy atom. The second kappa shape index (κ2) is 4.78. The van der Waals surface area contributed by atoms with Gasteiger partial charge in [-0.15, -0.1) is 11.3 Å². The summed E-state index contributed by atoms with van der Waals surface area (Å²) >= 11 is 7.36. The lowest BCUT2D eigenvalue weighted by atomic mass is 9.95. The van der Waals surface area contributed by atoms with Crippen LogP contribution in [0.5, 0.6) is 0 Å². The molecule has 0 aromatic carbocycles. The molecule has 0 amide bonds. The first-order valence-corrected chi connectivity index (χ1v) is 6.42. The summed E-state index contributed by atoms with van der Waals surface area (Å²) in [5.74, 6) is 0.585. The van der Waals surface area contributed by atoms with E-state index >= 15 is 0 Å². The fourth-order valence-electron chi connectivity index (χ4n) is 1.97. The molecule has 2 atom stereocenters. The van der Waals surface area contributed by atoms with Gasteiger partial charge < -0.3 is 5.73 Å². The Morgan fingerprint density at radius 2 is 2.53 bits per heavy atom. The van der Waals surface area contributed by atoms with Gasteiger partial charge in [0.2, 0.25) is 0 Å². The molecule has 0 radical (unpaired) electrons. The highest BCUT2D eigenvalue weighted by atomic mass is 35.5. The van der Waals surface area contributed by atoms with E-state index < -0.39 is 0 Å². The molecule has 1 aromatic heterocycles. The van der Waals surface area contributed by atoms with Crippen molar-refractivity contribution in [3.63, 3.8) is 0 Å². The van der Waals surface area contributed by atoms with Crippen LogP contribution in [0.1, 0.15) is 18.2 Å². The van der Waals surface area contributed by atoms with Crippen LogP contribution in [0.25, 0.3) is 0 Å². The quantitative estimate of drug-likeness (QED) is 0.866. The summed E-state index contributed by atoms with van der Waals surface area (Å²) in [7, 11) is 0. The first-order chi connectivity index (χ1) is 7.15. The minimum atomic E-state index is 0.367. The van der Waals surface area contributed by atoms with E-state index in [4.69, 9.17) is 17.3 Å². The van der Waals surface area contributed by atoms with E-state index in [-0.39, 0.29) is 0 Å². The predicted octanol–water partition coefficient (Wildman–Crippen LogP) is 1.97. The zero-order chi connectivity index (χ0) is 10.8. The number of likely N-dealkylation sites (tertiary alicyclic amines) is 1. The molecule has 2 unspecified atom stereocenters. The van der Waals surface area contributed by atoms with Crippen molar-refractivity contribution in [3.8, 4) is 0 Å². The molecule has 2 rings (SSSR count). The standard InChI is InChI=1S/C10H16ClN3S/c1-7-5-14(3-2-9(7)12)6-8-4-13-10(11)15-8/h4,7,9H,2-3,5-6,12H2,1H3. The van der Waals surface area contributed by atoms with Crippen molar-refractivity contribution in [1.29, 1.82) is 0 Å². The van der Waals surface area contributed by atoms with E-state index in [2.05, 4.69) is 16.8 Å². The molecule has 3 nitrogen and oxygen atoms in total. The number of nitrogens with zero attached hydrogens (tertiary/aromatic N) is 2. The van der Waals surface area contributed by atoms with Crippen LogP contribution >= 0.6 is 22.9 Å². The fourth-order valence-corrected chi connectivity index (χ4v) is 2.99. The number of thiazole rings is 1. The number of aromatic nitrogens is 1. The summed E-state index contributed by atoms with van der Waals surface area (Å²) in [6.45, 7) is 5.34. The van der Waals surface area contributed by atoms with Gasteiger partial charge in [0.15, 0.2) is 4.47 Å². The van der Waals surface area contributed by atoms with Gasteiger partial charge >= 0.3 is 0 Å². The van der Waals surface area contributed by atoms with Crippen molar-refractivity contribution in [1.82, 2.24) is 9.88 Å². The predicted molar refractivity (Wildman–Crippen MR) is 64.2 cm³/mol. The minimum absolute atomic E-state index is 0.367. The van der Waals surface area contributed by atoms with Gasteiger partial charge in [0, 0.05) is 36.8 Å². The molecule has 0 spiro atoms. The van der Waals surface area contributed by atoms with Gasteiger partial charge in [0.1, 0.15) is 0 Å². The Bertz CT molecular complexity index is 328. The van der Waals surface area contributed by atoms with Crippen molar-refractivity contribution in [3.05, 3.63) is 15.5 Å². The smallest absolute Gasteiger partial charge is 0.183 e. The van der Waals surface area contributed by atoms with Gasteiger partial charge in [-0.2, -0.15) is 0 Å². The van der Waals surface area contributed by atoms with Gasteiger partial charge in [-0.1, -0.05) is 18.5 Å². The van der Waals surface area contributed by atoms with Gasteiger partial charge in [-0.3, -0.25) is 4.90 Å². The molecular formula is C10H16ClN3S. The van der Waals surface area contributed by atoms with Crippen LogP contribution in [0.2, 0.25) is 4.47 Å². The number of piperidine rings is 1. The van der Waals surface area contributed by atoms with Crippen molar-refractivity contribution < 1.29 is 0 Å². The van der Waals surface area contributed by atoms with Crippen LogP contribution in [0.15, 0.2) is 6.20 Å². The number of hydrogen-bond donors (Lipinski definition) is 1. The molecule has 15 heavy (non-hydrogen) atoms. The van der Waals surface area contributed by atoms with Crippen molar-refractivity contribution in [2.24, 2.45) is 11.7 Å². The molecule has 2 heterocycles. The third-order valence-electron chi connectivity index (χ3n) is 2.96. The highest BCUT2D eigenvalue weighted by Gasteiger charge is 2.23. The minimum Gasteiger partial charge on any atom is -0.327 e. The van der Waals surface area contributed by atoms with Gasteiger partial charge in [0.05, 0.1) is 0 Å². The van der Waals surface area contributed by atoms with Gasteiger partial charge in [0.25, 0.3) is 0 Å². The summed E-state index contributed by atoms with van der Waals surface area (Å²) in [4.78, 5) is 7.72. The van der Waals surface area contributed by atoms with Gasteiger partial charge in [-0.05, 0) is 12.3 Å². The monoisotopic (exact) mass is 245 g/mol. The highest BCUT2D eigenvalue weighted by Crippen LogP contribution is 2.22. The zero-order valence-corrected chi connectivity index (χ0v) is 10.4. The highest BCUT2D eigenvalue weighted by molar-refractivity contribution is 7.15. The lowest BCUT2D eigenvalue weighted by Gasteiger charge is -2.34. The van der Waals surface area contributed by atoms with Crippen molar-refractivity contribution in [2.45, 2.75) is 25.9 Å². The Hall–Kier alpha value is -0.160. The molecule has 1 aromatic rings. The Balaban J connectivity index is 1.90. The maximum absolute atomic E-state index is 5.98. The summed E-state index contributed by atoms with van der Waals surface area (Å²) in [5, 5.41) is 0. The third-order valence-corrected chi connectivity index (χ3v) is 4.06. The molecule has 5 heteroatoms. The van der Waals surface area contributed by atoms with E-state index in [1.165, 1.54) is 4.88 Å². The zero-order valence-electron chi connectivity index (χ0n) is 8.82. The van der Waals surface area contributed by atoms with Crippen LogP contribution in [0.3, 0.4) is 0 Å².